The van der Waals surface area contributed by atoms with E-state index >= 15 is 0 Å². The minimum Gasteiger partial charge on any atom is -0.467 e. The van der Waals surface area contributed by atoms with Crippen molar-refractivity contribution in [2.24, 2.45) is 0 Å². The molecule has 1 fully saturated rings. The van der Waals surface area contributed by atoms with Gasteiger partial charge in [0, 0.05) is 24.0 Å². The molecular weight excluding hydrogens is 398 g/mol. The van der Waals surface area contributed by atoms with Crippen LogP contribution in [0.1, 0.15) is 35.7 Å². The van der Waals surface area contributed by atoms with Gasteiger partial charge in [0.1, 0.15) is 11.6 Å². The largest absolute Gasteiger partial charge is 0.467 e. The molecule has 3 amide bonds. The van der Waals surface area contributed by atoms with Crippen LogP contribution in [0, 0.1) is 11.6 Å². The zero-order valence-corrected chi connectivity index (χ0v) is 16.2. The van der Waals surface area contributed by atoms with E-state index in [4.69, 9.17) is 4.74 Å². The van der Waals surface area contributed by atoms with E-state index in [1.54, 1.807) is 0 Å². The standard InChI is InChI=1S/C21H18F2N2O5/c1-21(20(29)30-2,15-11-13(22)6-7-16(15)23)24-19(28)12-4-3-5-14(10-12)25-17(26)8-9-18(25)27/h3-7,10-11H,8-9H2,1-2H3,(H,24,28). The fourth-order valence-corrected chi connectivity index (χ4v) is 3.26. The minimum absolute atomic E-state index is 0.00643. The molecule has 0 aliphatic carbocycles. The van der Waals surface area contributed by atoms with Crippen LogP contribution in [0.25, 0.3) is 0 Å². The summed E-state index contributed by atoms with van der Waals surface area (Å²) in [6.07, 6.45) is 0.156. The lowest BCUT2D eigenvalue weighted by Crippen LogP contribution is -2.50. The average molecular weight is 416 g/mol. The van der Waals surface area contributed by atoms with Crippen molar-refractivity contribution in [3.8, 4) is 0 Å². The number of esters is 1. The molecule has 1 aliphatic heterocycles. The number of hydrogen-bond donors (Lipinski definition) is 1. The van der Waals surface area contributed by atoms with Crippen LogP contribution in [0.3, 0.4) is 0 Å². The van der Waals surface area contributed by atoms with Crippen molar-refractivity contribution in [3.63, 3.8) is 0 Å². The molecule has 1 N–H and O–H groups in total. The molecule has 0 spiro atoms. The van der Waals surface area contributed by atoms with Gasteiger partial charge in [0.15, 0.2) is 5.54 Å². The molecule has 1 saturated heterocycles. The summed E-state index contributed by atoms with van der Waals surface area (Å²) in [5.41, 5.74) is -2.24. The van der Waals surface area contributed by atoms with Gasteiger partial charge in [0.05, 0.1) is 12.8 Å². The molecule has 9 heteroatoms. The zero-order valence-electron chi connectivity index (χ0n) is 16.2. The summed E-state index contributed by atoms with van der Waals surface area (Å²) < 4.78 is 32.8. The Kier molecular flexibility index (Phi) is 5.64. The number of anilines is 1. The summed E-state index contributed by atoms with van der Waals surface area (Å²) >= 11 is 0. The number of methoxy groups -OCH3 is 1. The van der Waals surface area contributed by atoms with E-state index in [0.717, 1.165) is 30.2 Å². The Morgan fingerprint density at radius 1 is 1.07 bits per heavy atom. The van der Waals surface area contributed by atoms with Gasteiger partial charge in [-0.15, -0.1) is 0 Å². The van der Waals surface area contributed by atoms with Crippen molar-refractivity contribution in [3.05, 3.63) is 65.2 Å². The summed E-state index contributed by atoms with van der Waals surface area (Å²) in [6.45, 7) is 1.19. The lowest BCUT2D eigenvalue weighted by Gasteiger charge is -2.29. The number of ether oxygens (including phenoxy) is 1. The topological polar surface area (TPSA) is 92.8 Å². The van der Waals surface area contributed by atoms with Crippen molar-refractivity contribution in [1.29, 1.82) is 0 Å². The number of carbonyl (C=O) groups is 4. The second-order valence-corrected chi connectivity index (χ2v) is 6.87. The van der Waals surface area contributed by atoms with Gasteiger partial charge in [-0.05, 0) is 43.3 Å². The van der Waals surface area contributed by atoms with Crippen LogP contribution in [-0.2, 0) is 24.7 Å². The van der Waals surface area contributed by atoms with Crippen LogP contribution in [0.4, 0.5) is 14.5 Å². The van der Waals surface area contributed by atoms with Gasteiger partial charge in [-0.1, -0.05) is 6.07 Å². The van der Waals surface area contributed by atoms with Gasteiger partial charge >= 0.3 is 5.97 Å². The van der Waals surface area contributed by atoms with Crippen LogP contribution in [-0.4, -0.2) is 30.8 Å². The van der Waals surface area contributed by atoms with E-state index in [2.05, 4.69) is 5.32 Å². The Bertz CT molecular complexity index is 1040. The molecule has 30 heavy (non-hydrogen) atoms. The third-order valence-electron chi connectivity index (χ3n) is 4.84. The number of rotatable bonds is 5. The van der Waals surface area contributed by atoms with Gasteiger partial charge in [-0.3, -0.25) is 19.3 Å². The van der Waals surface area contributed by atoms with Crippen molar-refractivity contribution in [2.75, 3.05) is 12.0 Å². The number of hydrogen-bond acceptors (Lipinski definition) is 5. The van der Waals surface area contributed by atoms with Gasteiger partial charge in [-0.25, -0.2) is 13.6 Å². The fraction of sp³-hybridized carbons (Fsp3) is 0.238. The Hall–Kier alpha value is -3.62. The highest BCUT2D eigenvalue weighted by molar-refractivity contribution is 6.20. The van der Waals surface area contributed by atoms with Crippen LogP contribution in [0.15, 0.2) is 42.5 Å². The predicted molar refractivity (Wildman–Crippen MR) is 101 cm³/mol. The molecule has 2 aromatic carbocycles. The normalized spacial score (nSPS) is 15.7. The third-order valence-corrected chi connectivity index (χ3v) is 4.84. The monoisotopic (exact) mass is 416 g/mol. The second kappa shape index (κ2) is 8.02. The molecule has 0 radical (unpaired) electrons. The fourth-order valence-electron chi connectivity index (χ4n) is 3.26. The Labute approximate surface area is 170 Å². The minimum atomic E-state index is -2.03. The average Bonchev–Trinajstić information content (AvgIpc) is 3.07. The number of nitrogens with zero attached hydrogens (tertiary/aromatic N) is 1. The van der Waals surface area contributed by atoms with Gasteiger partial charge < -0.3 is 10.1 Å². The molecule has 3 rings (SSSR count). The number of nitrogens with one attached hydrogen (secondary N) is 1. The smallest absolute Gasteiger partial charge is 0.336 e. The summed E-state index contributed by atoms with van der Waals surface area (Å²) in [5, 5.41) is 2.38. The van der Waals surface area contributed by atoms with Crippen LogP contribution in [0.5, 0.6) is 0 Å². The first-order valence-electron chi connectivity index (χ1n) is 8.99. The Morgan fingerprint density at radius 2 is 1.73 bits per heavy atom. The second-order valence-electron chi connectivity index (χ2n) is 6.87. The van der Waals surface area contributed by atoms with Crippen LogP contribution < -0.4 is 10.2 Å². The summed E-state index contributed by atoms with van der Waals surface area (Å²) in [4.78, 5) is 50.1. The first-order valence-corrected chi connectivity index (χ1v) is 8.99. The first-order chi connectivity index (χ1) is 14.2. The molecule has 7 nitrogen and oxygen atoms in total. The molecule has 0 aromatic heterocycles. The van der Waals surface area contributed by atoms with E-state index in [9.17, 15) is 28.0 Å². The number of benzene rings is 2. The van der Waals surface area contributed by atoms with E-state index < -0.39 is 46.4 Å². The summed E-state index contributed by atoms with van der Waals surface area (Å²) in [6, 6.07) is 8.16. The molecule has 1 atom stereocenters. The maximum atomic E-state index is 14.4. The predicted octanol–water partition coefficient (Wildman–Crippen LogP) is 2.44. The van der Waals surface area contributed by atoms with E-state index in [1.165, 1.54) is 31.2 Å². The molecular formula is C21H18F2N2O5. The number of amides is 3. The van der Waals surface area contributed by atoms with Crippen LogP contribution >= 0.6 is 0 Å². The quantitative estimate of drug-likeness (QED) is 0.597. The Morgan fingerprint density at radius 3 is 2.37 bits per heavy atom. The Balaban J connectivity index is 1.97. The van der Waals surface area contributed by atoms with Crippen molar-refractivity contribution in [2.45, 2.75) is 25.3 Å². The van der Waals surface area contributed by atoms with E-state index in [1.807, 2.05) is 0 Å². The highest BCUT2D eigenvalue weighted by atomic mass is 19.1. The van der Waals surface area contributed by atoms with Gasteiger partial charge in [0.2, 0.25) is 11.8 Å². The molecule has 1 unspecified atom stereocenters. The molecule has 0 saturated carbocycles. The molecule has 2 aromatic rings. The molecule has 1 aliphatic rings. The molecule has 1 heterocycles. The number of carbonyl (C=O) groups excluding carboxylic acids is 4. The van der Waals surface area contributed by atoms with Gasteiger partial charge in [-0.2, -0.15) is 0 Å². The van der Waals surface area contributed by atoms with E-state index in [-0.39, 0.29) is 24.1 Å². The van der Waals surface area contributed by atoms with Crippen molar-refractivity contribution < 1.29 is 32.7 Å². The number of halogens is 2. The van der Waals surface area contributed by atoms with Crippen LogP contribution in [0.2, 0.25) is 0 Å². The molecule has 0 bridgehead atoms. The van der Waals surface area contributed by atoms with Gasteiger partial charge in [0.25, 0.3) is 5.91 Å². The molecule has 156 valence electrons. The zero-order chi connectivity index (χ0) is 22.1. The first kappa shape index (κ1) is 21.1. The highest BCUT2D eigenvalue weighted by Gasteiger charge is 2.41. The maximum absolute atomic E-state index is 14.4. The maximum Gasteiger partial charge on any atom is 0.336 e. The SMILES string of the molecule is COC(=O)C(C)(NC(=O)c1cccc(N2C(=O)CCC2=O)c1)c1cc(F)ccc1F. The van der Waals surface area contributed by atoms with Crippen molar-refractivity contribution in [1.82, 2.24) is 5.32 Å². The summed E-state index contributed by atoms with van der Waals surface area (Å²) in [7, 11) is 1.05. The third kappa shape index (κ3) is 3.78. The summed E-state index contributed by atoms with van der Waals surface area (Å²) in [5.74, 6) is -4.32. The lowest BCUT2D eigenvalue weighted by atomic mass is 9.90. The lowest BCUT2D eigenvalue weighted by molar-refractivity contribution is -0.148. The van der Waals surface area contributed by atoms with E-state index in [0.29, 0.717) is 0 Å². The number of imide groups is 1. The van der Waals surface area contributed by atoms with Crippen molar-refractivity contribution >= 4 is 29.4 Å². The highest BCUT2D eigenvalue weighted by Crippen LogP contribution is 2.28.